The summed E-state index contributed by atoms with van der Waals surface area (Å²) in [6, 6.07) is 7.41. The zero-order valence-corrected chi connectivity index (χ0v) is 25.4. The Morgan fingerprint density at radius 1 is 1.07 bits per heavy atom. The maximum atomic E-state index is 14.1. The molecule has 0 spiro atoms. The summed E-state index contributed by atoms with van der Waals surface area (Å²) in [7, 11) is 0. The van der Waals surface area contributed by atoms with Crippen LogP contribution in [-0.4, -0.2) is 64.9 Å². The number of carbonyl (C=O) groups is 2. The number of hydrogen-bond donors (Lipinski definition) is 2. The van der Waals surface area contributed by atoms with Gasteiger partial charge in [0, 0.05) is 15.8 Å². The molecule has 5 rings (SSSR count). The van der Waals surface area contributed by atoms with E-state index >= 15 is 0 Å². The van der Waals surface area contributed by atoms with Gasteiger partial charge in [-0.15, -0.1) is 10.2 Å². The molecule has 1 fully saturated rings. The van der Waals surface area contributed by atoms with E-state index in [1.165, 1.54) is 18.3 Å². The fourth-order valence-corrected chi connectivity index (χ4v) is 5.00. The second kappa shape index (κ2) is 11.8. The first kappa shape index (κ1) is 32.5. The van der Waals surface area contributed by atoms with Crippen molar-refractivity contribution in [1.29, 1.82) is 0 Å². The lowest BCUT2D eigenvalue weighted by Gasteiger charge is -2.25. The predicted octanol–water partition coefficient (Wildman–Crippen LogP) is 5.30. The average Bonchev–Trinajstić information content (AvgIpc) is 3.46. The maximum absolute atomic E-state index is 14.1. The molecule has 0 unspecified atom stereocenters. The van der Waals surface area contributed by atoms with Crippen molar-refractivity contribution in [1.82, 2.24) is 40.3 Å². The summed E-state index contributed by atoms with van der Waals surface area (Å²) in [5, 5.41) is 18.6. The van der Waals surface area contributed by atoms with Crippen LogP contribution in [0.15, 0.2) is 36.5 Å². The minimum Gasteiger partial charge on any atom is -0.349 e. The molecule has 1 aliphatic carbocycles. The van der Waals surface area contributed by atoms with Crippen LogP contribution >= 0.6 is 34.2 Å². The van der Waals surface area contributed by atoms with Crippen molar-refractivity contribution < 1.29 is 40.3 Å². The zero-order valence-electron chi connectivity index (χ0n) is 22.5. The van der Waals surface area contributed by atoms with Gasteiger partial charge in [-0.3, -0.25) is 9.59 Å². The summed E-state index contributed by atoms with van der Waals surface area (Å²) in [6.45, 7) is 0.978. The highest BCUT2D eigenvalue weighted by atomic mass is 127. The monoisotopic (exact) mass is 771 g/mol. The molecule has 1 aliphatic rings. The molecule has 20 heteroatoms. The molecule has 45 heavy (non-hydrogen) atoms. The molecule has 0 radical (unpaired) electrons. The lowest BCUT2D eigenvalue weighted by molar-refractivity contribution is -0.361. The second-order valence-electron chi connectivity index (χ2n) is 9.88. The van der Waals surface area contributed by atoms with Crippen LogP contribution < -0.4 is 10.6 Å². The normalized spacial score (nSPS) is 14.0. The number of halogens is 9. The average molecular weight is 772 g/mol. The van der Waals surface area contributed by atoms with E-state index in [-0.39, 0.29) is 39.5 Å². The van der Waals surface area contributed by atoms with Gasteiger partial charge >= 0.3 is 18.0 Å². The van der Waals surface area contributed by atoms with Crippen LogP contribution in [0.5, 0.6) is 0 Å². The number of tetrazole rings is 1. The third-order valence-corrected chi connectivity index (χ3v) is 7.33. The standard InChI is InChI=1S/C25H18ClF7IN9O2/c1-11-7-12(34)8-15(20(44)36-13-4-5-13)18(11)37-21(45)17-9-14(39-43(17)19-16(26)3-2-6-35-19)10-42-40-22(38-41-42)23(27,28)24(29,30)25(31,32)33/h2-3,6-9,13H,4-5,10H2,1H3,(H,36,44)(H,37,45). The van der Waals surface area contributed by atoms with E-state index in [0.29, 0.717) is 10.4 Å². The Morgan fingerprint density at radius 2 is 1.78 bits per heavy atom. The Bertz CT molecular complexity index is 1790. The number of hydrogen-bond acceptors (Lipinski definition) is 7. The second-order valence-corrected chi connectivity index (χ2v) is 11.5. The van der Waals surface area contributed by atoms with Crippen molar-refractivity contribution >= 4 is 51.7 Å². The molecular weight excluding hydrogens is 754 g/mol. The van der Waals surface area contributed by atoms with E-state index in [1.54, 1.807) is 19.1 Å². The van der Waals surface area contributed by atoms with Gasteiger partial charge in [0.05, 0.1) is 22.0 Å². The number of anilines is 1. The summed E-state index contributed by atoms with van der Waals surface area (Å²) < 4.78 is 94.7. The van der Waals surface area contributed by atoms with E-state index < -0.39 is 42.2 Å². The Morgan fingerprint density at radius 3 is 2.42 bits per heavy atom. The molecule has 3 aromatic heterocycles. The molecule has 3 heterocycles. The summed E-state index contributed by atoms with van der Waals surface area (Å²) in [4.78, 5) is 31.0. The highest BCUT2D eigenvalue weighted by Crippen LogP contribution is 2.50. The van der Waals surface area contributed by atoms with Crippen molar-refractivity contribution in [2.45, 2.75) is 50.4 Å². The van der Waals surface area contributed by atoms with Gasteiger partial charge in [-0.2, -0.15) is 40.6 Å². The number of rotatable bonds is 9. The molecule has 4 aromatic rings. The number of amides is 2. The minimum atomic E-state index is -6.60. The Kier molecular flexibility index (Phi) is 8.53. The van der Waals surface area contributed by atoms with Gasteiger partial charge in [0.15, 0.2) is 5.82 Å². The van der Waals surface area contributed by atoms with Gasteiger partial charge in [-0.1, -0.05) is 11.6 Å². The van der Waals surface area contributed by atoms with Gasteiger partial charge in [-0.05, 0) is 83.5 Å². The molecule has 1 aromatic carbocycles. The SMILES string of the molecule is Cc1cc(I)cc(C(=O)NC2CC2)c1NC(=O)c1cc(Cn2nnc(C(F)(F)C(F)(F)C(F)(F)F)n2)nn1-c1ncccc1Cl. The zero-order chi connectivity index (χ0) is 32.9. The number of carbonyl (C=O) groups excluding carboxylic acids is 2. The van der Waals surface area contributed by atoms with Crippen molar-refractivity contribution in [3.8, 4) is 5.82 Å². The molecule has 11 nitrogen and oxygen atoms in total. The Balaban J connectivity index is 1.49. The first-order valence-electron chi connectivity index (χ1n) is 12.7. The van der Waals surface area contributed by atoms with E-state index in [2.05, 4.69) is 36.1 Å². The molecule has 2 amide bonds. The summed E-state index contributed by atoms with van der Waals surface area (Å²) in [5.41, 5.74) is 0.552. The van der Waals surface area contributed by atoms with Crippen LogP contribution in [0.1, 0.15) is 50.8 Å². The first-order valence-corrected chi connectivity index (χ1v) is 14.2. The van der Waals surface area contributed by atoms with Crippen molar-refractivity contribution in [3.63, 3.8) is 0 Å². The predicted molar refractivity (Wildman–Crippen MR) is 151 cm³/mol. The van der Waals surface area contributed by atoms with E-state index in [1.807, 2.05) is 22.6 Å². The number of alkyl halides is 7. The van der Waals surface area contributed by atoms with Crippen molar-refractivity contribution in [3.05, 3.63) is 73.5 Å². The molecular formula is C25H18ClF7IN9O2. The number of aromatic nitrogens is 7. The number of benzene rings is 1. The summed E-state index contributed by atoms with van der Waals surface area (Å²) in [6.07, 6.45) is -3.61. The third-order valence-electron chi connectivity index (χ3n) is 6.42. The maximum Gasteiger partial charge on any atom is 0.460 e. The van der Waals surface area contributed by atoms with Crippen LogP contribution in [0, 0.1) is 10.5 Å². The molecule has 0 saturated heterocycles. The Hall–Kier alpha value is -3.88. The van der Waals surface area contributed by atoms with Crippen LogP contribution in [0.2, 0.25) is 5.02 Å². The fraction of sp³-hybridized carbons (Fsp3) is 0.320. The molecule has 0 bridgehead atoms. The van der Waals surface area contributed by atoms with Crippen molar-refractivity contribution in [2.75, 3.05) is 5.32 Å². The molecule has 1 saturated carbocycles. The number of aryl methyl sites for hydroxylation is 1. The van der Waals surface area contributed by atoms with Crippen LogP contribution in [0.4, 0.5) is 36.4 Å². The van der Waals surface area contributed by atoms with Crippen molar-refractivity contribution in [2.24, 2.45) is 0 Å². The summed E-state index contributed by atoms with van der Waals surface area (Å²) in [5.74, 6) is -15.8. The molecule has 2 N–H and O–H groups in total. The first-order chi connectivity index (χ1) is 21.0. The van der Waals surface area contributed by atoms with Gasteiger partial charge in [0.2, 0.25) is 0 Å². The van der Waals surface area contributed by atoms with Gasteiger partial charge in [-0.25, -0.2) is 9.67 Å². The highest BCUT2D eigenvalue weighted by molar-refractivity contribution is 14.1. The lowest BCUT2D eigenvalue weighted by atomic mass is 10.1. The van der Waals surface area contributed by atoms with E-state index in [0.717, 1.165) is 27.2 Å². The van der Waals surface area contributed by atoms with Crippen LogP contribution in [0.25, 0.3) is 5.82 Å². The molecule has 0 atom stereocenters. The molecule has 238 valence electrons. The minimum absolute atomic E-state index is 0.0278. The number of pyridine rings is 1. The van der Waals surface area contributed by atoms with E-state index in [9.17, 15) is 40.3 Å². The van der Waals surface area contributed by atoms with Crippen LogP contribution in [-0.2, 0) is 12.5 Å². The largest absolute Gasteiger partial charge is 0.460 e. The highest BCUT2D eigenvalue weighted by Gasteiger charge is 2.75. The smallest absolute Gasteiger partial charge is 0.349 e. The van der Waals surface area contributed by atoms with Crippen LogP contribution in [0.3, 0.4) is 0 Å². The van der Waals surface area contributed by atoms with Gasteiger partial charge in [0.25, 0.3) is 17.6 Å². The van der Waals surface area contributed by atoms with Gasteiger partial charge < -0.3 is 10.6 Å². The fourth-order valence-electron chi connectivity index (χ4n) is 4.02. The lowest BCUT2D eigenvalue weighted by Crippen LogP contribution is -2.50. The molecule has 0 aliphatic heterocycles. The quantitative estimate of drug-likeness (QED) is 0.174. The topological polar surface area (TPSA) is 133 Å². The van der Waals surface area contributed by atoms with E-state index in [4.69, 9.17) is 11.6 Å². The number of nitrogens with zero attached hydrogens (tertiary/aromatic N) is 7. The summed E-state index contributed by atoms with van der Waals surface area (Å²) >= 11 is 8.29. The van der Waals surface area contributed by atoms with Gasteiger partial charge in [0.1, 0.15) is 12.2 Å². The third kappa shape index (κ3) is 6.44. The Labute approximate surface area is 266 Å². The number of nitrogens with one attached hydrogen (secondary N) is 2.